The van der Waals surface area contributed by atoms with Gasteiger partial charge in [-0.05, 0) is 75.5 Å². The van der Waals surface area contributed by atoms with Crippen molar-refractivity contribution in [2.45, 2.75) is 98.8 Å². The number of rotatable bonds is 14. The van der Waals surface area contributed by atoms with E-state index in [-0.39, 0.29) is 0 Å². The van der Waals surface area contributed by atoms with Crippen molar-refractivity contribution < 1.29 is 4.74 Å². The summed E-state index contributed by atoms with van der Waals surface area (Å²) in [5, 5.41) is 0. The highest BCUT2D eigenvalue weighted by atomic mass is 16.5. The van der Waals surface area contributed by atoms with E-state index in [1.54, 1.807) is 0 Å². The maximum absolute atomic E-state index is 6.27. The van der Waals surface area contributed by atoms with Gasteiger partial charge in [0.2, 0.25) is 0 Å². The van der Waals surface area contributed by atoms with Crippen LogP contribution in [0.5, 0.6) is 5.75 Å². The third kappa shape index (κ3) is 8.92. The summed E-state index contributed by atoms with van der Waals surface area (Å²) in [6.45, 7) is 12.0. The van der Waals surface area contributed by atoms with Gasteiger partial charge in [-0.3, -0.25) is 0 Å². The number of allylic oxidation sites excluding steroid dienone is 2. The highest BCUT2D eigenvalue weighted by Crippen LogP contribution is 2.29. The molecular formula is C25H42O. The number of hydrogen-bond acceptors (Lipinski definition) is 1. The number of benzene rings is 1. The predicted molar refractivity (Wildman–Crippen MR) is 116 cm³/mol. The molecule has 0 bridgehead atoms. The third-order valence-corrected chi connectivity index (χ3v) is 5.47. The van der Waals surface area contributed by atoms with Crippen molar-refractivity contribution in [3.05, 3.63) is 41.0 Å². The van der Waals surface area contributed by atoms with E-state index in [1.165, 1.54) is 80.2 Å². The van der Waals surface area contributed by atoms with Gasteiger partial charge in [0.1, 0.15) is 5.75 Å². The van der Waals surface area contributed by atoms with E-state index in [0.29, 0.717) is 0 Å². The van der Waals surface area contributed by atoms with Gasteiger partial charge >= 0.3 is 0 Å². The quantitative estimate of drug-likeness (QED) is 0.242. The molecule has 1 heteroatoms. The Balaban J connectivity index is 2.51. The molecule has 0 aromatic heterocycles. The lowest BCUT2D eigenvalue weighted by molar-refractivity contribution is 0.298. The Kier molecular flexibility index (Phi) is 12.2. The van der Waals surface area contributed by atoms with Crippen molar-refractivity contribution in [1.29, 1.82) is 0 Å². The summed E-state index contributed by atoms with van der Waals surface area (Å²) in [5.74, 6) is 1.93. The SMILES string of the molecule is CC=CCCC(C)CCc1ccc(C)c(C)c1OCCCCCCCC. The minimum Gasteiger partial charge on any atom is -0.493 e. The van der Waals surface area contributed by atoms with Gasteiger partial charge in [0.15, 0.2) is 0 Å². The van der Waals surface area contributed by atoms with Crippen molar-refractivity contribution in [2.24, 2.45) is 5.92 Å². The smallest absolute Gasteiger partial charge is 0.125 e. The first-order chi connectivity index (χ1) is 12.6. The Hall–Kier alpha value is -1.24. The van der Waals surface area contributed by atoms with Crippen LogP contribution in [0.2, 0.25) is 0 Å². The molecule has 0 fully saturated rings. The topological polar surface area (TPSA) is 9.23 Å². The summed E-state index contributed by atoms with van der Waals surface area (Å²) in [4.78, 5) is 0. The highest BCUT2D eigenvalue weighted by Gasteiger charge is 2.11. The fourth-order valence-corrected chi connectivity index (χ4v) is 3.39. The molecule has 1 aromatic rings. The summed E-state index contributed by atoms with van der Waals surface area (Å²) in [7, 11) is 0. The molecule has 0 amide bonds. The van der Waals surface area contributed by atoms with Crippen LogP contribution in [0.15, 0.2) is 24.3 Å². The van der Waals surface area contributed by atoms with E-state index in [4.69, 9.17) is 4.74 Å². The van der Waals surface area contributed by atoms with Gasteiger partial charge in [0.25, 0.3) is 0 Å². The Bertz CT molecular complexity index is 515. The van der Waals surface area contributed by atoms with Gasteiger partial charge in [0, 0.05) is 0 Å². The van der Waals surface area contributed by atoms with Crippen LogP contribution in [0.4, 0.5) is 0 Å². The molecular weight excluding hydrogens is 316 g/mol. The standard InChI is InChI=1S/C25H42O/c1-6-8-10-11-12-14-20-26-25-23(5)22(4)17-19-24(25)18-16-21(3)15-13-9-7-2/h7,9,17,19,21H,6,8,10-16,18,20H2,1-5H3. The van der Waals surface area contributed by atoms with Crippen LogP contribution in [-0.4, -0.2) is 6.61 Å². The molecule has 1 rings (SSSR count). The van der Waals surface area contributed by atoms with Gasteiger partial charge in [-0.2, -0.15) is 0 Å². The maximum Gasteiger partial charge on any atom is 0.125 e. The van der Waals surface area contributed by atoms with Crippen LogP contribution in [0.1, 0.15) is 95.2 Å². The van der Waals surface area contributed by atoms with Crippen molar-refractivity contribution >= 4 is 0 Å². The monoisotopic (exact) mass is 358 g/mol. The molecule has 0 saturated heterocycles. The zero-order valence-corrected chi connectivity index (χ0v) is 18.1. The van der Waals surface area contributed by atoms with Crippen LogP contribution in [0.3, 0.4) is 0 Å². The molecule has 0 aliphatic carbocycles. The van der Waals surface area contributed by atoms with Crippen LogP contribution in [0, 0.1) is 19.8 Å². The first kappa shape index (κ1) is 22.8. The molecule has 0 heterocycles. The molecule has 26 heavy (non-hydrogen) atoms. The van der Waals surface area contributed by atoms with Crippen LogP contribution in [0.25, 0.3) is 0 Å². The molecule has 1 aromatic carbocycles. The number of ether oxygens (including phenoxy) is 1. The predicted octanol–water partition coefficient (Wildman–Crippen LogP) is 7.97. The lowest BCUT2D eigenvalue weighted by atomic mass is 9.94. The lowest BCUT2D eigenvalue weighted by Gasteiger charge is -2.17. The second-order valence-electron chi connectivity index (χ2n) is 7.90. The summed E-state index contributed by atoms with van der Waals surface area (Å²) in [6, 6.07) is 4.55. The van der Waals surface area contributed by atoms with Crippen LogP contribution < -0.4 is 4.74 Å². The average Bonchev–Trinajstić information content (AvgIpc) is 2.63. The van der Waals surface area contributed by atoms with Gasteiger partial charge in [0.05, 0.1) is 6.61 Å². The molecule has 1 nitrogen and oxygen atoms in total. The molecule has 1 unspecified atom stereocenters. The Labute approximate surface area is 163 Å². The van der Waals surface area contributed by atoms with Gasteiger partial charge in [-0.25, -0.2) is 0 Å². The molecule has 0 aliphatic rings. The maximum atomic E-state index is 6.27. The second kappa shape index (κ2) is 13.9. The van der Waals surface area contributed by atoms with Gasteiger partial charge in [-0.1, -0.05) is 70.2 Å². The first-order valence-electron chi connectivity index (χ1n) is 10.9. The molecule has 0 aliphatic heterocycles. The number of aryl methyl sites for hydroxylation is 2. The van der Waals surface area contributed by atoms with E-state index >= 15 is 0 Å². The normalized spacial score (nSPS) is 12.7. The lowest BCUT2D eigenvalue weighted by Crippen LogP contribution is -2.05. The Morgan fingerprint density at radius 2 is 1.73 bits per heavy atom. The van der Waals surface area contributed by atoms with Crippen LogP contribution >= 0.6 is 0 Å². The average molecular weight is 359 g/mol. The zero-order valence-electron chi connectivity index (χ0n) is 18.1. The van der Waals surface area contributed by atoms with Crippen LogP contribution in [-0.2, 0) is 6.42 Å². The van der Waals surface area contributed by atoms with E-state index in [2.05, 4.69) is 58.9 Å². The van der Waals surface area contributed by atoms with E-state index < -0.39 is 0 Å². The molecule has 0 saturated carbocycles. The summed E-state index contributed by atoms with van der Waals surface area (Å²) in [6.07, 6.45) is 17.2. The third-order valence-electron chi connectivity index (χ3n) is 5.47. The Morgan fingerprint density at radius 3 is 2.46 bits per heavy atom. The van der Waals surface area contributed by atoms with Gasteiger partial charge < -0.3 is 4.74 Å². The number of hydrogen-bond donors (Lipinski definition) is 0. The molecule has 0 N–H and O–H groups in total. The zero-order chi connectivity index (χ0) is 19.2. The fraction of sp³-hybridized carbons (Fsp3) is 0.680. The van der Waals surface area contributed by atoms with E-state index in [1.807, 2.05) is 0 Å². The fourth-order valence-electron chi connectivity index (χ4n) is 3.39. The molecule has 1 atom stereocenters. The summed E-state index contributed by atoms with van der Waals surface area (Å²) in [5.41, 5.74) is 4.07. The molecule has 148 valence electrons. The molecule has 0 spiro atoms. The first-order valence-corrected chi connectivity index (χ1v) is 10.9. The number of unbranched alkanes of at least 4 members (excludes halogenated alkanes) is 5. The summed E-state index contributed by atoms with van der Waals surface area (Å²) < 4.78 is 6.27. The van der Waals surface area contributed by atoms with Crippen molar-refractivity contribution in [2.75, 3.05) is 6.61 Å². The Morgan fingerprint density at radius 1 is 1.00 bits per heavy atom. The largest absolute Gasteiger partial charge is 0.493 e. The molecule has 0 radical (unpaired) electrons. The minimum absolute atomic E-state index is 0.763. The highest BCUT2D eigenvalue weighted by molar-refractivity contribution is 5.45. The van der Waals surface area contributed by atoms with Crippen molar-refractivity contribution in [3.8, 4) is 5.75 Å². The van der Waals surface area contributed by atoms with Crippen molar-refractivity contribution in [1.82, 2.24) is 0 Å². The van der Waals surface area contributed by atoms with Gasteiger partial charge in [-0.15, -0.1) is 0 Å². The summed E-state index contributed by atoms with van der Waals surface area (Å²) >= 11 is 0. The second-order valence-corrected chi connectivity index (χ2v) is 7.90. The van der Waals surface area contributed by atoms with Crippen molar-refractivity contribution in [3.63, 3.8) is 0 Å². The van der Waals surface area contributed by atoms with E-state index in [9.17, 15) is 0 Å². The van der Waals surface area contributed by atoms with E-state index in [0.717, 1.165) is 18.9 Å². The minimum atomic E-state index is 0.763.